The third-order valence-corrected chi connectivity index (χ3v) is 7.80. The molecule has 1 aliphatic heterocycles. The molecule has 0 atom stereocenters. The maximum Gasteiger partial charge on any atom is 0.175 e. The molecule has 0 bridgehead atoms. The molecule has 2 aromatic rings. The van der Waals surface area contributed by atoms with Crippen LogP contribution in [0.4, 0.5) is 4.39 Å². The van der Waals surface area contributed by atoms with Gasteiger partial charge in [0.05, 0.1) is 11.1 Å². The van der Waals surface area contributed by atoms with Crippen molar-refractivity contribution >= 4 is 27.5 Å². The second-order valence-corrected chi connectivity index (χ2v) is 10.3. The van der Waals surface area contributed by atoms with Crippen molar-refractivity contribution in [1.82, 2.24) is 4.90 Å². The van der Waals surface area contributed by atoms with E-state index in [1.165, 1.54) is 12.1 Å². The molecule has 0 saturated carbocycles. The van der Waals surface area contributed by atoms with Crippen LogP contribution in [-0.4, -0.2) is 30.1 Å². The fraction of sp³-hybridized carbons (Fsp3) is 0.379. The van der Waals surface area contributed by atoms with Crippen LogP contribution in [0.15, 0.2) is 63.4 Å². The first-order valence-corrected chi connectivity index (χ1v) is 13.3. The van der Waals surface area contributed by atoms with Crippen LogP contribution in [0.25, 0.3) is 0 Å². The summed E-state index contributed by atoms with van der Waals surface area (Å²) >= 11 is 3.66. The van der Waals surface area contributed by atoms with Gasteiger partial charge in [-0.1, -0.05) is 12.1 Å². The molecule has 0 unspecified atom stereocenters. The lowest BCUT2D eigenvalue weighted by atomic mass is 9.71. The zero-order valence-electron chi connectivity index (χ0n) is 20.5. The minimum atomic E-state index is -0.409. The number of carbonyl (C=O) groups excluding carboxylic acids is 2. The zero-order chi connectivity index (χ0) is 25.4. The lowest BCUT2D eigenvalue weighted by Gasteiger charge is -2.42. The SMILES string of the molecule is CCOc1cc(C2C3=C(CCCC3=O)N(C)C3=C2C(=O)CCC3)cc(Br)c1OCc1ccc(F)cc1. The van der Waals surface area contributed by atoms with Crippen LogP contribution < -0.4 is 9.47 Å². The predicted octanol–water partition coefficient (Wildman–Crippen LogP) is 6.61. The van der Waals surface area contributed by atoms with Crippen molar-refractivity contribution in [2.75, 3.05) is 13.7 Å². The third kappa shape index (κ3) is 4.49. The van der Waals surface area contributed by atoms with E-state index in [0.717, 1.165) is 59.4 Å². The van der Waals surface area contributed by atoms with Gasteiger partial charge in [0.15, 0.2) is 23.1 Å². The molecule has 0 saturated heterocycles. The van der Waals surface area contributed by atoms with E-state index in [-0.39, 0.29) is 24.0 Å². The molecule has 5 rings (SSSR count). The van der Waals surface area contributed by atoms with Crippen LogP contribution in [0.5, 0.6) is 11.5 Å². The molecule has 0 N–H and O–H groups in total. The molecule has 0 fully saturated rings. The largest absolute Gasteiger partial charge is 0.490 e. The molecule has 3 aliphatic rings. The number of rotatable bonds is 6. The minimum Gasteiger partial charge on any atom is -0.490 e. The van der Waals surface area contributed by atoms with Gasteiger partial charge in [0.25, 0.3) is 0 Å². The quantitative estimate of drug-likeness (QED) is 0.403. The average Bonchev–Trinajstić information content (AvgIpc) is 2.86. The van der Waals surface area contributed by atoms with E-state index in [0.29, 0.717) is 35.4 Å². The average molecular weight is 554 g/mol. The molecule has 5 nitrogen and oxygen atoms in total. The molecular formula is C29H29BrFNO4. The Labute approximate surface area is 219 Å². The molecule has 0 radical (unpaired) electrons. The van der Waals surface area contributed by atoms with Crippen molar-refractivity contribution in [2.24, 2.45) is 0 Å². The van der Waals surface area contributed by atoms with E-state index in [1.807, 2.05) is 26.1 Å². The summed E-state index contributed by atoms with van der Waals surface area (Å²) in [4.78, 5) is 28.6. The van der Waals surface area contributed by atoms with Gasteiger partial charge in [0.2, 0.25) is 0 Å². The van der Waals surface area contributed by atoms with Crippen LogP contribution in [0.3, 0.4) is 0 Å². The van der Waals surface area contributed by atoms with Gasteiger partial charge in [0, 0.05) is 48.3 Å². The van der Waals surface area contributed by atoms with E-state index in [4.69, 9.17) is 9.47 Å². The smallest absolute Gasteiger partial charge is 0.175 e. The minimum absolute atomic E-state index is 0.115. The van der Waals surface area contributed by atoms with Crippen molar-refractivity contribution in [2.45, 2.75) is 58.0 Å². The van der Waals surface area contributed by atoms with E-state index in [1.54, 1.807) is 12.1 Å². The lowest BCUT2D eigenvalue weighted by molar-refractivity contribution is -0.117. The predicted molar refractivity (Wildman–Crippen MR) is 138 cm³/mol. The normalized spacial score (nSPS) is 18.4. The zero-order valence-corrected chi connectivity index (χ0v) is 22.1. The molecule has 7 heteroatoms. The van der Waals surface area contributed by atoms with Gasteiger partial charge in [0.1, 0.15) is 12.4 Å². The number of carbonyl (C=O) groups is 2. The van der Waals surface area contributed by atoms with Gasteiger partial charge in [-0.15, -0.1) is 0 Å². The number of hydrogen-bond acceptors (Lipinski definition) is 5. The number of hydrogen-bond donors (Lipinski definition) is 0. The fourth-order valence-electron chi connectivity index (χ4n) is 5.58. The van der Waals surface area contributed by atoms with Crippen LogP contribution in [0, 0.1) is 5.82 Å². The number of allylic oxidation sites excluding steroid dienone is 4. The topological polar surface area (TPSA) is 55.8 Å². The molecule has 0 spiro atoms. The number of benzene rings is 2. The summed E-state index contributed by atoms with van der Waals surface area (Å²) in [6.45, 7) is 2.57. The first kappa shape index (κ1) is 24.8. The summed E-state index contributed by atoms with van der Waals surface area (Å²) in [5.41, 5.74) is 5.23. The number of ketones is 2. The van der Waals surface area contributed by atoms with Crippen LogP contribution in [0.1, 0.15) is 62.5 Å². The Kier molecular flexibility index (Phi) is 7.02. The Morgan fingerprint density at radius 2 is 1.56 bits per heavy atom. The number of ether oxygens (including phenoxy) is 2. The molecule has 2 aliphatic carbocycles. The summed E-state index contributed by atoms with van der Waals surface area (Å²) in [6.07, 6.45) is 4.32. The third-order valence-electron chi connectivity index (χ3n) is 7.21. The maximum atomic E-state index is 13.3. The first-order chi connectivity index (χ1) is 17.4. The van der Waals surface area contributed by atoms with E-state index < -0.39 is 5.92 Å². The van der Waals surface area contributed by atoms with Crippen molar-refractivity contribution in [3.05, 3.63) is 80.4 Å². The van der Waals surface area contributed by atoms with Crippen molar-refractivity contribution in [3.8, 4) is 11.5 Å². The molecule has 36 heavy (non-hydrogen) atoms. The Morgan fingerprint density at radius 3 is 2.14 bits per heavy atom. The monoisotopic (exact) mass is 553 g/mol. The number of nitrogens with zero attached hydrogens (tertiary/aromatic N) is 1. The van der Waals surface area contributed by atoms with Crippen molar-refractivity contribution < 1.29 is 23.5 Å². The summed E-state index contributed by atoms with van der Waals surface area (Å²) in [5.74, 6) is 0.597. The number of Topliss-reactive ketones (excluding diaryl/α,β-unsaturated/α-hetero) is 2. The highest BCUT2D eigenvalue weighted by atomic mass is 79.9. The highest BCUT2D eigenvalue weighted by Crippen LogP contribution is 2.50. The highest BCUT2D eigenvalue weighted by molar-refractivity contribution is 9.10. The van der Waals surface area contributed by atoms with Crippen LogP contribution in [0.2, 0.25) is 0 Å². The van der Waals surface area contributed by atoms with Gasteiger partial charge in [-0.3, -0.25) is 9.59 Å². The maximum absolute atomic E-state index is 13.3. The summed E-state index contributed by atoms with van der Waals surface area (Å²) in [5, 5.41) is 0. The lowest BCUT2D eigenvalue weighted by Crippen LogP contribution is -2.37. The molecule has 2 aromatic carbocycles. The Hall–Kier alpha value is -2.93. The molecular weight excluding hydrogens is 525 g/mol. The summed E-state index contributed by atoms with van der Waals surface area (Å²) < 4.78 is 26.0. The van der Waals surface area contributed by atoms with Crippen LogP contribution >= 0.6 is 15.9 Å². The second kappa shape index (κ2) is 10.2. The molecule has 188 valence electrons. The summed E-state index contributed by atoms with van der Waals surface area (Å²) in [6, 6.07) is 10.0. The highest BCUT2D eigenvalue weighted by Gasteiger charge is 2.42. The second-order valence-electron chi connectivity index (χ2n) is 9.44. The molecule has 1 heterocycles. The van der Waals surface area contributed by atoms with Gasteiger partial charge in [-0.25, -0.2) is 4.39 Å². The fourth-order valence-corrected chi connectivity index (χ4v) is 6.15. The Morgan fingerprint density at radius 1 is 0.944 bits per heavy atom. The first-order valence-electron chi connectivity index (χ1n) is 12.5. The standard InChI is InChI=1S/C29H29BrFNO4/c1-3-35-25-15-18(14-20(30)29(25)36-16-17-10-12-19(31)13-11-17)26-27-21(6-4-8-23(27)33)32(2)22-7-5-9-24(34)28(22)26/h10-15,26H,3-9,16H2,1-2H3. The van der Waals surface area contributed by atoms with Gasteiger partial charge in [-0.05, 0) is 83.9 Å². The summed E-state index contributed by atoms with van der Waals surface area (Å²) in [7, 11) is 1.99. The van der Waals surface area contributed by atoms with E-state index >= 15 is 0 Å². The number of halogens is 2. The van der Waals surface area contributed by atoms with Gasteiger partial charge < -0.3 is 14.4 Å². The van der Waals surface area contributed by atoms with Crippen LogP contribution in [-0.2, 0) is 16.2 Å². The Balaban J connectivity index is 1.59. The van der Waals surface area contributed by atoms with E-state index in [2.05, 4.69) is 20.8 Å². The van der Waals surface area contributed by atoms with Gasteiger partial charge in [-0.2, -0.15) is 0 Å². The van der Waals surface area contributed by atoms with Gasteiger partial charge >= 0.3 is 0 Å². The Bertz CT molecular complexity index is 1240. The van der Waals surface area contributed by atoms with E-state index in [9.17, 15) is 14.0 Å². The van der Waals surface area contributed by atoms with Crippen molar-refractivity contribution in [3.63, 3.8) is 0 Å². The molecule has 0 amide bonds. The molecule has 0 aromatic heterocycles. The van der Waals surface area contributed by atoms with Crippen molar-refractivity contribution in [1.29, 1.82) is 0 Å².